The summed E-state index contributed by atoms with van der Waals surface area (Å²) in [5.41, 5.74) is 2.86. The SMILES string of the molecule is C=C(CCC(=O)CCCSCC)OC.CCCc1cccc(CC/C=C/C(CC)CC(C)=O)c1. The molecule has 1 aromatic carbocycles. The second-order valence-corrected chi connectivity index (χ2v) is 10.1. The van der Waals surface area contributed by atoms with Gasteiger partial charge in [0.25, 0.3) is 0 Å². The summed E-state index contributed by atoms with van der Waals surface area (Å²) >= 11 is 1.88. The molecule has 0 saturated heterocycles. The monoisotopic (exact) mass is 488 g/mol. The van der Waals surface area contributed by atoms with Gasteiger partial charge in [-0.15, -0.1) is 0 Å². The van der Waals surface area contributed by atoms with Crippen molar-refractivity contribution in [1.82, 2.24) is 0 Å². The Labute approximate surface area is 213 Å². The molecule has 0 spiro atoms. The van der Waals surface area contributed by atoms with Gasteiger partial charge in [0.15, 0.2) is 0 Å². The topological polar surface area (TPSA) is 43.4 Å². The van der Waals surface area contributed by atoms with Crippen LogP contribution in [-0.4, -0.2) is 30.2 Å². The maximum Gasteiger partial charge on any atom is 0.133 e. The number of rotatable bonds is 18. The molecule has 3 nitrogen and oxygen atoms in total. The van der Waals surface area contributed by atoms with Crippen molar-refractivity contribution in [3.8, 4) is 0 Å². The number of thioether (sulfide) groups is 1. The highest BCUT2D eigenvalue weighted by atomic mass is 32.2. The van der Waals surface area contributed by atoms with Gasteiger partial charge in [-0.1, -0.05) is 70.2 Å². The van der Waals surface area contributed by atoms with E-state index in [0.29, 0.717) is 43.1 Å². The third kappa shape index (κ3) is 18.6. The standard InChI is InChI=1S/C19H28O.C11H20O2S/c1-4-9-18-12-8-13-19(15-18)11-7-6-10-17(5-2)14-16(3)20;1-4-14-9-5-6-11(12)8-7-10(2)13-3/h6,8,10,12-13,15,17H,4-5,7,9,11,14H2,1-3H3;2,4-9H2,1,3H3/b10-6+;. The number of carbonyl (C=O) groups excluding carboxylic acids is 2. The van der Waals surface area contributed by atoms with Gasteiger partial charge in [-0.3, -0.25) is 4.79 Å². The molecule has 0 aliphatic heterocycles. The van der Waals surface area contributed by atoms with Gasteiger partial charge in [0, 0.05) is 25.7 Å². The number of ketones is 2. The Bertz CT molecular complexity index is 724. The molecule has 1 unspecified atom stereocenters. The smallest absolute Gasteiger partial charge is 0.133 e. The predicted molar refractivity (Wildman–Crippen MR) is 150 cm³/mol. The van der Waals surface area contributed by atoms with Crippen molar-refractivity contribution < 1.29 is 14.3 Å². The molecule has 0 N–H and O–H groups in total. The van der Waals surface area contributed by atoms with E-state index in [1.54, 1.807) is 14.0 Å². The van der Waals surface area contributed by atoms with Gasteiger partial charge in [-0.2, -0.15) is 11.8 Å². The van der Waals surface area contributed by atoms with Crippen LogP contribution in [0.4, 0.5) is 0 Å². The Kier molecular flexibility index (Phi) is 20.5. The molecular formula is C30H48O3S. The van der Waals surface area contributed by atoms with Crippen molar-refractivity contribution >= 4 is 23.3 Å². The van der Waals surface area contributed by atoms with Crippen molar-refractivity contribution in [3.05, 3.63) is 59.9 Å². The third-order valence-corrected chi connectivity index (χ3v) is 6.52. The number of allylic oxidation sites excluding steroid dienone is 3. The minimum Gasteiger partial charge on any atom is -0.502 e. The second kappa shape index (κ2) is 21.7. The molecule has 0 heterocycles. The molecule has 0 aromatic heterocycles. The van der Waals surface area contributed by atoms with Gasteiger partial charge in [-0.05, 0) is 67.6 Å². The summed E-state index contributed by atoms with van der Waals surface area (Å²) in [5, 5.41) is 0. The van der Waals surface area contributed by atoms with Crippen molar-refractivity contribution in [2.45, 2.75) is 91.9 Å². The van der Waals surface area contributed by atoms with Crippen LogP contribution < -0.4 is 0 Å². The zero-order chi connectivity index (χ0) is 25.6. The summed E-state index contributed by atoms with van der Waals surface area (Å²) in [6.07, 6.45) is 13.6. The summed E-state index contributed by atoms with van der Waals surface area (Å²) in [4.78, 5) is 22.5. The molecule has 0 radical (unpaired) electrons. The summed E-state index contributed by atoms with van der Waals surface area (Å²) in [6, 6.07) is 8.90. The highest BCUT2D eigenvalue weighted by Gasteiger charge is 2.05. The third-order valence-electron chi connectivity index (χ3n) is 5.53. The average molecular weight is 489 g/mol. The Balaban J connectivity index is 0.000000686. The molecule has 4 heteroatoms. The van der Waals surface area contributed by atoms with E-state index >= 15 is 0 Å². The van der Waals surface area contributed by atoms with Crippen LogP contribution in [0.25, 0.3) is 0 Å². The van der Waals surface area contributed by atoms with Gasteiger partial charge >= 0.3 is 0 Å². The summed E-state index contributed by atoms with van der Waals surface area (Å²) in [6.45, 7) is 11.8. The lowest BCUT2D eigenvalue weighted by Crippen LogP contribution is -2.01. The highest BCUT2D eigenvalue weighted by Crippen LogP contribution is 2.13. The zero-order valence-electron chi connectivity index (χ0n) is 22.4. The number of Topliss-reactive ketones (excluding diaryl/α,β-unsaturated/α-hetero) is 2. The first kappa shape index (κ1) is 32.2. The maximum atomic E-state index is 11.3. The Morgan fingerprint density at radius 1 is 1.09 bits per heavy atom. The van der Waals surface area contributed by atoms with Gasteiger partial charge < -0.3 is 9.53 Å². The molecule has 34 heavy (non-hydrogen) atoms. The van der Waals surface area contributed by atoms with E-state index in [1.807, 2.05) is 11.8 Å². The summed E-state index contributed by atoms with van der Waals surface area (Å²) in [5.74, 6) is 3.94. The van der Waals surface area contributed by atoms with E-state index in [9.17, 15) is 9.59 Å². The van der Waals surface area contributed by atoms with Crippen molar-refractivity contribution in [2.24, 2.45) is 5.92 Å². The lowest BCUT2D eigenvalue weighted by atomic mass is 9.98. The number of carbonyl (C=O) groups is 2. The fraction of sp³-hybridized carbons (Fsp3) is 0.600. The molecule has 0 aliphatic rings. The van der Waals surface area contributed by atoms with Crippen LogP contribution in [0.3, 0.4) is 0 Å². The van der Waals surface area contributed by atoms with Crippen LogP contribution in [0.2, 0.25) is 0 Å². The van der Waals surface area contributed by atoms with Crippen LogP contribution in [0.5, 0.6) is 0 Å². The molecule has 0 aliphatic carbocycles. The molecule has 1 aromatic rings. The highest BCUT2D eigenvalue weighted by molar-refractivity contribution is 7.99. The van der Waals surface area contributed by atoms with E-state index in [1.165, 1.54) is 24.0 Å². The first-order valence-electron chi connectivity index (χ1n) is 12.9. The van der Waals surface area contributed by atoms with Crippen molar-refractivity contribution in [3.63, 3.8) is 0 Å². The molecule has 0 bridgehead atoms. The number of aryl methyl sites for hydroxylation is 2. The minimum absolute atomic E-state index is 0.286. The van der Waals surface area contributed by atoms with E-state index in [4.69, 9.17) is 4.74 Å². The van der Waals surface area contributed by atoms with Crippen LogP contribution in [0.1, 0.15) is 90.2 Å². The molecule has 1 atom stereocenters. The molecular weight excluding hydrogens is 440 g/mol. The van der Waals surface area contributed by atoms with E-state index in [-0.39, 0.29) is 5.78 Å². The van der Waals surface area contributed by atoms with E-state index < -0.39 is 0 Å². The van der Waals surface area contributed by atoms with Gasteiger partial charge in [-0.25, -0.2) is 0 Å². The van der Waals surface area contributed by atoms with Gasteiger partial charge in [0.2, 0.25) is 0 Å². The zero-order valence-corrected chi connectivity index (χ0v) is 23.2. The Morgan fingerprint density at radius 2 is 1.79 bits per heavy atom. The van der Waals surface area contributed by atoms with Crippen LogP contribution in [-0.2, 0) is 27.2 Å². The van der Waals surface area contributed by atoms with E-state index in [2.05, 4.69) is 63.8 Å². The molecule has 192 valence electrons. The second-order valence-electron chi connectivity index (χ2n) is 8.69. The lowest BCUT2D eigenvalue weighted by molar-refractivity contribution is -0.119. The lowest BCUT2D eigenvalue weighted by Gasteiger charge is -2.07. The number of methoxy groups -OCH3 is 1. The van der Waals surface area contributed by atoms with Crippen LogP contribution in [0.15, 0.2) is 48.8 Å². The number of benzene rings is 1. The quantitative estimate of drug-likeness (QED) is 0.119. The first-order valence-corrected chi connectivity index (χ1v) is 14.1. The fourth-order valence-corrected chi connectivity index (χ4v) is 4.14. The molecule has 1 rings (SSSR count). The van der Waals surface area contributed by atoms with Gasteiger partial charge in [0.1, 0.15) is 11.6 Å². The van der Waals surface area contributed by atoms with Gasteiger partial charge in [0.05, 0.1) is 12.9 Å². The first-order chi connectivity index (χ1) is 16.4. The normalized spacial score (nSPS) is 11.6. The average Bonchev–Trinajstić information content (AvgIpc) is 2.82. The van der Waals surface area contributed by atoms with Crippen LogP contribution in [0, 0.1) is 5.92 Å². The van der Waals surface area contributed by atoms with Crippen molar-refractivity contribution in [1.29, 1.82) is 0 Å². The summed E-state index contributed by atoms with van der Waals surface area (Å²) in [7, 11) is 1.59. The fourth-order valence-electron chi connectivity index (χ4n) is 3.51. The number of ether oxygens (including phenoxy) is 1. The number of hydrogen-bond acceptors (Lipinski definition) is 4. The maximum absolute atomic E-state index is 11.3. The molecule has 0 fully saturated rings. The van der Waals surface area contributed by atoms with Crippen LogP contribution >= 0.6 is 11.8 Å². The summed E-state index contributed by atoms with van der Waals surface area (Å²) < 4.78 is 4.89. The van der Waals surface area contributed by atoms with E-state index in [0.717, 1.165) is 37.2 Å². The predicted octanol–water partition coefficient (Wildman–Crippen LogP) is 8.16. The Morgan fingerprint density at radius 3 is 2.38 bits per heavy atom. The van der Waals surface area contributed by atoms with Crippen molar-refractivity contribution in [2.75, 3.05) is 18.6 Å². The Hall–Kier alpha value is -1.81. The molecule has 0 amide bonds. The molecule has 0 saturated carbocycles. The number of hydrogen-bond donors (Lipinski definition) is 0. The largest absolute Gasteiger partial charge is 0.502 e. The minimum atomic E-state index is 0.286.